The van der Waals surface area contributed by atoms with Crippen LogP contribution >= 0.6 is 23.2 Å². The number of nitrogens with zero attached hydrogens (tertiary/aromatic N) is 1. The molecular formula is C26H20Cl2FN3O5. The molecule has 190 valence electrons. The number of nitrogens with one attached hydrogen (secondary N) is 2. The lowest BCUT2D eigenvalue weighted by atomic mass is 9.99. The summed E-state index contributed by atoms with van der Waals surface area (Å²) < 4.78 is 13.7. The first-order valence-electron chi connectivity index (χ1n) is 11.1. The summed E-state index contributed by atoms with van der Waals surface area (Å²) in [4.78, 5) is 51.9. The second kappa shape index (κ2) is 10.6. The van der Waals surface area contributed by atoms with Crippen LogP contribution in [0.5, 0.6) is 0 Å². The van der Waals surface area contributed by atoms with E-state index in [1.165, 1.54) is 72.5 Å². The van der Waals surface area contributed by atoms with E-state index < -0.39 is 41.6 Å². The highest BCUT2D eigenvalue weighted by atomic mass is 35.5. The predicted octanol–water partition coefficient (Wildman–Crippen LogP) is 5.07. The largest absolute Gasteiger partial charge is 0.480 e. The fourth-order valence-corrected chi connectivity index (χ4v) is 4.45. The average molecular weight is 544 g/mol. The van der Waals surface area contributed by atoms with Crippen LogP contribution in [0.15, 0.2) is 60.7 Å². The maximum absolute atomic E-state index is 13.9. The van der Waals surface area contributed by atoms with Crippen LogP contribution in [0, 0.1) is 5.82 Å². The van der Waals surface area contributed by atoms with Gasteiger partial charge in [0.2, 0.25) is 5.91 Å². The smallest absolute Gasteiger partial charge is 0.325 e. The summed E-state index contributed by atoms with van der Waals surface area (Å²) in [7, 11) is 0. The predicted molar refractivity (Wildman–Crippen MR) is 137 cm³/mol. The van der Waals surface area contributed by atoms with Crippen molar-refractivity contribution in [1.82, 2.24) is 5.32 Å². The maximum Gasteiger partial charge on any atom is 0.325 e. The van der Waals surface area contributed by atoms with Gasteiger partial charge in [0, 0.05) is 10.6 Å². The van der Waals surface area contributed by atoms with E-state index >= 15 is 0 Å². The lowest BCUT2D eigenvalue weighted by Crippen LogP contribution is -2.38. The molecule has 1 heterocycles. The molecule has 0 fully saturated rings. The van der Waals surface area contributed by atoms with E-state index in [1.807, 2.05) is 0 Å². The van der Waals surface area contributed by atoms with Gasteiger partial charge in [0.15, 0.2) is 0 Å². The second-order valence-corrected chi connectivity index (χ2v) is 9.23. The Kier molecular flexibility index (Phi) is 7.47. The van der Waals surface area contributed by atoms with E-state index in [4.69, 9.17) is 28.3 Å². The lowest BCUT2D eigenvalue weighted by molar-refractivity contribution is -0.138. The van der Waals surface area contributed by atoms with Crippen LogP contribution in [-0.2, 0) is 9.59 Å². The molecule has 0 saturated heterocycles. The monoisotopic (exact) mass is 543 g/mol. The van der Waals surface area contributed by atoms with Gasteiger partial charge in [-0.15, -0.1) is 0 Å². The van der Waals surface area contributed by atoms with Crippen molar-refractivity contribution >= 4 is 58.3 Å². The first kappa shape index (κ1) is 26.1. The van der Waals surface area contributed by atoms with Gasteiger partial charge >= 0.3 is 5.97 Å². The molecule has 0 bridgehead atoms. The van der Waals surface area contributed by atoms with Crippen molar-refractivity contribution < 1.29 is 28.7 Å². The van der Waals surface area contributed by atoms with E-state index in [0.29, 0.717) is 10.6 Å². The van der Waals surface area contributed by atoms with Gasteiger partial charge in [0.05, 0.1) is 34.4 Å². The minimum Gasteiger partial charge on any atom is -0.480 e. The van der Waals surface area contributed by atoms with Gasteiger partial charge in [-0.3, -0.25) is 24.1 Å². The number of fused-ring (bicyclic) bond motifs is 1. The molecule has 1 aliphatic heterocycles. The molecule has 3 aromatic carbocycles. The van der Waals surface area contributed by atoms with Gasteiger partial charge in [0.25, 0.3) is 11.8 Å². The molecule has 0 aliphatic carbocycles. The first-order valence-corrected chi connectivity index (χ1v) is 11.8. The van der Waals surface area contributed by atoms with Crippen LogP contribution in [0.1, 0.15) is 45.7 Å². The number of carboxylic acids is 1. The van der Waals surface area contributed by atoms with Crippen molar-refractivity contribution in [2.24, 2.45) is 0 Å². The van der Waals surface area contributed by atoms with Crippen LogP contribution in [0.3, 0.4) is 0 Å². The number of amides is 3. The molecule has 1 aliphatic rings. The molecule has 0 spiro atoms. The van der Waals surface area contributed by atoms with Crippen molar-refractivity contribution in [3.8, 4) is 0 Å². The van der Waals surface area contributed by atoms with Crippen molar-refractivity contribution in [2.45, 2.75) is 25.4 Å². The molecule has 8 nitrogen and oxygen atoms in total. The Bertz CT molecular complexity index is 1410. The highest BCUT2D eigenvalue weighted by Crippen LogP contribution is 2.40. The van der Waals surface area contributed by atoms with Gasteiger partial charge in [-0.05, 0) is 61.0 Å². The van der Waals surface area contributed by atoms with Gasteiger partial charge in [-0.1, -0.05) is 35.3 Å². The summed E-state index contributed by atoms with van der Waals surface area (Å²) in [6.45, 7) is 1.31. The van der Waals surface area contributed by atoms with E-state index in [-0.39, 0.29) is 33.9 Å². The number of carboxylic acid groups (broad SMARTS) is 1. The number of halogens is 3. The molecular weight excluding hydrogens is 524 g/mol. The van der Waals surface area contributed by atoms with Gasteiger partial charge in [-0.2, -0.15) is 0 Å². The van der Waals surface area contributed by atoms with Crippen LogP contribution in [0.4, 0.5) is 15.8 Å². The molecule has 0 saturated carbocycles. The van der Waals surface area contributed by atoms with Gasteiger partial charge in [0.1, 0.15) is 11.9 Å². The number of benzene rings is 3. The molecule has 3 amide bonds. The third-order valence-electron chi connectivity index (χ3n) is 5.84. The molecule has 11 heteroatoms. The Morgan fingerprint density at radius 1 is 1.08 bits per heavy atom. The minimum absolute atomic E-state index is 0.0734. The van der Waals surface area contributed by atoms with Crippen LogP contribution in [0.2, 0.25) is 10.0 Å². The Morgan fingerprint density at radius 2 is 1.78 bits per heavy atom. The third-order valence-corrected chi connectivity index (χ3v) is 6.38. The molecule has 3 aromatic rings. The Morgan fingerprint density at radius 3 is 2.43 bits per heavy atom. The van der Waals surface area contributed by atoms with Crippen LogP contribution in [-0.4, -0.2) is 34.8 Å². The summed E-state index contributed by atoms with van der Waals surface area (Å²) in [5.41, 5.74) is 1.11. The SMILES string of the molecule is CC(NC(=O)c1ccc2c(c1)NC(=O)CC(c1ccc(F)cc1)N2C(=O)c1ccc(Cl)cc1Cl)C(=O)O. The van der Waals surface area contributed by atoms with Crippen molar-refractivity contribution in [1.29, 1.82) is 0 Å². The highest BCUT2D eigenvalue weighted by molar-refractivity contribution is 6.37. The summed E-state index contributed by atoms with van der Waals surface area (Å²) in [6.07, 6.45) is -0.172. The Labute approximate surface area is 221 Å². The van der Waals surface area contributed by atoms with E-state index in [9.17, 15) is 23.6 Å². The topological polar surface area (TPSA) is 116 Å². The molecule has 37 heavy (non-hydrogen) atoms. The van der Waals surface area contributed by atoms with E-state index in [1.54, 1.807) is 0 Å². The Hall–Kier alpha value is -3.95. The van der Waals surface area contributed by atoms with Crippen LogP contribution < -0.4 is 15.5 Å². The standard InChI is InChI=1S/C26H20Cl2FN3O5/c1-13(26(36)37)30-24(34)15-4-9-21-20(10-15)31-23(33)12-22(14-2-6-17(29)7-3-14)32(21)25(35)18-8-5-16(27)11-19(18)28/h2-11,13,22H,12H2,1H3,(H,30,34)(H,31,33)(H,36,37). The summed E-state index contributed by atoms with van der Waals surface area (Å²) in [5.74, 6) is -3.37. The molecule has 0 radical (unpaired) electrons. The molecule has 2 atom stereocenters. The Balaban J connectivity index is 1.84. The summed E-state index contributed by atoms with van der Waals surface area (Å²) in [5, 5.41) is 14.6. The fraction of sp³-hybridized carbons (Fsp3) is 0.154. The number of rotatable bonds is 5. The third kappa shape index (κ3) is 5.58. The molecule has 2 unspecified atom stereocenters. The number of aliphatic carboxylic acids is 1. The average Bonchev–Trinajstić information content (AvgIpc) is 2.99. The molecule has 0 aromatic heterocycles. The van der Waals surface area contributed by atoms with E-state index in [0.717, 1.165) is 0 Å². The molecule has 3 N–H and O–H groups in total. The van der Waals surface area contributed by atoms with Crippen molar-refractivity contribution in [2.75, 3.05) is 10.2 Å². The number of hydrogen-bond acceptors (Lipinski definition) is 4. The number of hydrogen-bond donors (Lipinski definition) is 3. The quantitative estimate of drug-likeness (QED) is 0.415. The lowest BCUT2D eigenvalue weighted by Gasteiger charge is -2.31. The second-order valence-electron chi connectivity index (χ2n) is 8.38. The van der Waals surface area contributed by atoms with Crippen LogP contribution in [0.25, 0.3) is 0 Å². The fourth-order valence-electron chi connectivity index (χ4n) is 3.96. The minimum atomic E-state index is -1.21. The van der Waals surface area contributed by atoms with E-state index in [2.05, 4.69) is 10.6 Å². The van der Waals surface area contributed by atoms with Gasteiger partial charge in [-0.25, -0.2) is 4.39 Å². The maximum atomic E-state index is 13.9. The van der Waals surface area contributed by atoms with Crippen molar-refractivity contribution in [3.05, 3.63) is 93.2 Å². The summed E-state index contributed by atoms with van der Waals surface area (Å²) in [6, 6.07) is 12.1. The number of carbonyl (C=O) groups is 4. The first-order chi connectivity index (χ1) is 17.5. The summed E-state index contributed by atoms with van der Waals surface area (Å²) >= 11 is 12.3. The normalized spacial score (nSPS) is 15.7. The van der Waals surface area contributed by atoms with Gasteiger partial charge < -0.3 is 15.7 Å². The number of carbonyl (C=O) groups excluding carboxylic acids is 3. The highest BCUT2D eigenvalue weighted by Gasteiger charge is 2.35. The zero-order valence-corrected chi connectivity index (χ0v) is 20.8. The number of anilines is 2. The molecule has 4 rings (SSSR count). The zero-order valence-electron chi connectivity index (χ0n) is 19.3. The van der Waals surface area contributed by atoms with Crippen molar-refractivity contribution in [3.63, 3.8) is 0 Å². The zero-order chi connectivity index (χ0) is 26.9.